The topological polar surface area (TPSA) is 82.8 Å². The standard InChI is InChI=1S/C8H11N3O2S2/c1-5(4-9)15(12,13)11-8-10-6(2)7(3)14-8/h5H,1-3H3,(H,10,11). The number of nitrogens with zero attached hydrogens (tertiary/aromatic N) is 2. The molecule has 0 radical (unpaired) electrons. The van der Waals surface area contributed by atoms with Gasteiger partial charge in [-0.2, -0.15) is 5.26 Å². The number of hydrogen-bond donors (Lipinski definition) is 1. The Morgan fingerprint density at radius 1 is 1.53 bits per heavy atom. The number of rotatable bonds is 3. The first kappa shape index (κ1) is 11.9. The van der Waals surface area contributed by atoms with Gasteiger partial charge in [-0.3, -0.25) is 4.72 Å². The van der Waals surface area contributed by atoms with Crippen molar-refractivity contribution in [1.29, 1.82) is 5.26 Å². The van der Waals surface area contributed by atoms with Crippen LogP contribution in [-0.4, -0.2) is 18.7 Å². The molecule has 0 fully saturated rings. The zero-order chi connectivity index (χ0) is 11.6. The average molecular weight is 245 g/mol. The van der Waals surface area contributed by atoms with Crippen molar-refractivity contribution in [2.75, 3.05) is 4.72 Å². The number of hydrogen-bond acceptors (Lipinski definition) is 5. The maximum Gasteiger partial charge on any atom is 0.250 e. The Kier molecular flexibility index (Phi) is 3.31. The molecule has 0 aromatic carbocycles. The van der Waals surface area contributed by atoms with E-state index >= 15 is 0 Å². The molecular weight excluding hydrogens is 234 g/mol. The van der Waals surface area contributed by atoms with Crippen LogP contribution in [-0.2, 0) is 10.0 Å². The van der Waals surface area contributed by atoms with Gasteiger partial charge in [-0.15, -0.1) is 11.3 Å². The summed E-state index contributed by atoms with van der Waals surface area (Å²) in [4.78, 5) is 4.99. The van der Waals surface area contributed by atoms with E-state index in [1.54, 1.807) is 13.0 Å². The SMILES string of the molecule is Cc1nc(NS(=O)(=O)C(C)C#N)sc1C. The Balaban J connectivity index is 2.93. The highest BCUT2D eigenvalue weighted by atomic mass is 32.2. The van der Waals surface area contributed by atoms with E-state index in [4.69, 9.17) is 5.26 Å². The zero-order valence-electron chi connectivity index (χ0n) is 8.60. The van der Waals surface area contributed by atoms with Gasteiger partial charge < -0.3 is 0 Å². The molecule has 0 aliphatic rings. The lowest BCUT2D eigenvalue weighted by Gasteiger charge is -2.05. The molecule has 5 nitrogen and oxygen atoms in total. The van der Waals surface area contributed by atoms with Gasteiger partial charge in [-0.1, -0.05) is 0 Å². The smallest absolute Gasteiger partial charge is 0.250 e. The molecule has 0 spiro atoms. The summed E-state index contributed by atoms with van der Waals surface area (Å²) in [5, 5.41) is 7.75. The summed E-state index contributed by atoms with van der Waals surface area (Å²) in [6.45, 7) is 4.99. The van der Waals surface area contributed by atoms with Crippen molar-refractivity contribution in [3.63, 3.8) is 0 Å². The van der Waals surface area contributed by atoms with Gasteiger partial charge in [-0.05, 0) is 20.8 Å². The summed E-state index contributed by atoms with van der Waals surface area (Å²) in [5.74, 6) is 0. The number of thiazole rings is 1. The normalized spacial score (nSPS) is 13.2. The van der Waals surface area contributed by atoms with Crippen LogP contribution in [0.2, 0.25) is 0 Å². The van der Waals surface area contributed by atoms with Crippen LogP contribution in [0.15, 0.2) is 0 Å². The molecule has 1 unspecified atom stereocenters. The minimum atomic E-state index is -3.63. The summed E-state index contributed by atoms with van der Waals surface area (Å²) >= 11 is 1.26. The third-order valence-electron chi connectivity index (χ3n) is 1.91. The van der Waals surface area contributed by atoms with Crippen LogP contribution < -0.4 is 4.72 Å². The van der Waals surface area contributed by atoms with Crippen molar-refractivity contribution in [1.82, 2.24) is 4.98 Å². The molecule has 0 amide bonds. The van der Waals surface area contributed by atoms with Crippen molar-refractivity contribution < 1.29 is 8.42 Å². The highest BCUT2D eigenvalue weighted by Crippen LogP contribution is 2.22. The Morgan fingerprint density at radius 2 is 2.13 bits per heavy atom. The van der Waals surface area contributed by atoms with Crippen LogP contribution in [0.1, 0.15) is 17.5 Å². The minimum absolute atomic E-state index is 0.312. The maximum atomic E-state index is 11.5. The molecule has 0 bridgehead atoms. The lowest BCUT2D eigenvalue weighted by Crippen LogP contribution is -2.23. The van der Waals surface area contributed by atoms with Gasteiger partial charge in [0.2, 0.25) is 0 Å². The number of aromatic nitrogens is 1. The van der Waals surface area contributed by atoms with E-state index < -0.39 is 15.3 Å². The Labute approximate surface area is 92.8 Å². The van der Waals surface area contributed by atoms with E-state index in [-0.39, 0.29) is 0 Å². The Bertz CT molecular complexity index is 479. The van der Waals surface area contributed by atoms with Gasteiger partial charge in [0.1, 0.15) is 0 Å². The number of anilines is 1. The molecule has 1 aromatic heterocycles. The van der Waals surface area contributed by atoms with Crippen molar-refractivity contribution in [2.45, 2.75) is 26.0 Å². The van der Waals surface area contributed by atoms with E-state index in [0.29, 0.717) is 5.13 Å². The summed E-state index contributed by atoms with van der Waals surface area (Å²) in [6, 6.07) is 1.67. The molecule has 0 saturated heterocycles. The Morgan fingerprint density at radius 3 is 2.53 bits per heavy atom. The van der Waals surface area contributed by atoms with E-state index in [1.165, 1.54) is 18.3 Å². The summed E-state index contributed by atoms with van der Waals surface area (Å²) in [5.41, 5.74) is 0.794. The molecule has 15 heavy (non-hydrogen) atoms. The zero-order valence-corrected chi connectivity index (χ0v) is 10.2. The van der Waals surface area contributed by atoms with E-state index in [0.717, 1.165) is 10.6 Å². The number of nitrogens with one attached hydrogen (secondary N) is 1. The fourth-order valence-electron chi connectivity index (χ4n) is 0.796. The molecule has 1 atom stereocenters. The van der Waals surface area contributed by atoms with Crippen LogP contribution in [0, 0.1) is 25.2 Å². The number of nitriles is 1. The van der Waals surface area contributed by atoms with Crippen molar-refractivity contribution in [2.24, 2.45) is 0 Å². The predicted octanol–water partition coefficient (Wildman–Crippen LogP) is 1.41. The second-order valence-corrected chi connectivity index (χ2v) is 6.28. The molecule has 82 valence electrons. The molecule has 1 heterocycles. The number of sulfonamides is 1. The van der Waals surface area contributed by atoms with Crippen LogP contribution >= 0.6 is 11.3 Å². The van der Waals surface area contributed by atoms with Crippen LogP contribution in [0.25, 0.3) is 0 Å². The molecule has 0 aliphatic carbocycles. The van der Waals surface area contributed by atoms with Gasteiger partial charge in [0.05, 0.1) is 11.8 Å². The fraction of sp³-hybridized carbons (Fsp3) is 0.500. The van der Waals surface area contributed by atoms with E-state index in [2.05, 4.69) is 9.71 Å². The second kappa shape index (κ2) is 4.16. The van der Waals surface area contributed by atoms with Crippen molar-refractivity contribution >= 4 is 26.5 Å². The van der Waals surface area contributed by atoms with Crippen molar-refractivity contribution in [3.8, 4) is 6.07 Å². The third kappa shape index (κ3) is 2.67. The van der Waals surface area contributed by atoms with Crippen molar-refractivity contribution in [3.05, 3.63) is 10.6 Å². The molecular formula is C8H11N3O2S2. The van der Waals surface area contributed by atoms with E-state index in [9.17, 15) is 8.42 Å². The lowest BCUT2D eigenvalue weighted by molar-refractivity contribution is 0.597. The minimum Gasteiger partial charge on any atom is -0.258 e. The van der Waals surface area contributed by atoms with Gasteiger partial charge in [0.15, 0.2) is 10.4 Å². The lowest BCUT2D eigenvalue weighted by atomic mass is 10.4. The molecule has 7 heteroatoms. The summed E-state index contributed by atoms with van der Waals surface area (Å²) in [7, 11) is -3.63. The Hall–Kier alpha value is -1.13. The van der Waals surface area contributed by atoms with Gasteiger partial charge >= 0.3 is 0 Å². The average Bonchev–Trinajstić information content (AvgIpc) is 2.43. The van der Waals surface area contributed by atoms with Gasteiger partial charge in [0, 0.05) is 4.88 Å². The van der Waals surface area contributed by atoms with Gasteiger partial charge in [0.25, 0.3) is 10.0 Å². The van der Waals surface area contributed by atoms with Crippen LogP contribution in [0.3, 0.4) is 0 Å². The largest absolute Gasteiger partial charge is 0.258 e. The molecule has 1 N–H and O–H groups in total. The third-order valence-corrected chi connectivity index (χ3v) is 4.54. The monoisotopic (exact) mass is 245 g/mol. The number of aryl methyl sites for hydroxylation is 2. The van der Waals surface area contributed by atoms with Crippen LogP contribution in [0.4, 0.5) is 5.13 Å². The molecule has 1 aromatic rings. The fourth-order valence-corrected chi connectivity index (χ4v) is 2.58. The first-order chi connectivity index (χ1) is 6.86. The molecule has 1 rings (SSSR count). The first-order valence-electron chi connectivity index (χ1n) is 4.22. The second-order valence-electron chi connectivity index (χ2n) is 3.08. The highest BCUT2D eigenvalue weighted by molar-refractivity contribution is 7.93. The molecule has 0 aliphatic heterocycles. The van der Waals surface area contributed by atoms with E-state index in [1.807, 2.05) is 6.92 Å². The highest BCUT2D eigenvalue weighted by Gasteiger charge is 2.21. The quantitative estimate of drug-likeness (QED) is 0.872. The molecule has 0 saturated carbocycles. The summed E-state index contributed by atoms with van der Waals surface area (Å²) in [6.07, 6.45) is 0. The van der Waals surface area contributed by atoms with Gasteiger partial charge in [-0.25, -0.2) is 13.4 Å². The first-order valence-corrected chi connectivity index (χ1v) is 6.58. The predicted molar refractivity (Wildman–Crippen MR) is 59.2 cm³/mol. The summed E-state index contributed by atoms with van der Waals surface area (Å²) < 4.78 is 25.3. The maximum absolute atomic E-state index is 11.5. The van der Waals surface area contributed by atoms with Crippen LogP contribution in [0.5, 0.6) is 0 Å².